The van der Waals surface area contributed by atoms with Crippen LogP contribution in [0.3, 0.4) is 0 Å². The quantitative estimate of drug-likeness (QED) is 0.869. The molecule has 1 fully saturated rings. The molecule has 23 heavy (non-hydrogen) atoms. The average molecular weight is 312 g/mol. The number of rotatable bonds is 5. The van der Waals surface area contributed by atoms with Gasteiger partial charge >= 0.3 is 0 Å². The average Bonchev–Trinajstić information content (AvgIpc) is 2.97. The minimum atomic E-state index is -0.323. The van der Waals surface area contributed by atoms with Crippen molar-refractivity contribution in [3.05, 3.63) is 42.0 Å². The van der Waals surface area contributed by atoms with Gasteiger partial charge < -0.3 is 11.1 Å². The van der Waals surface area contributed by atoms with Gasteiger partial charge in [-0.25, -0.2) is 9.97 Å². The second-order valence-electron chi connectivity index (χ2n) is 5.68. The molecule has 3 heterocycles. The molecule has 1 atom stereocenters. The van der Waals surface area contributed by atoms with E-state index in [1.165, 1.54) is 0 Å². The number of carbonyl (C=O) groups is 1. The molecule has 0 saturated carbocycles. The molecule has 1 unspecified atom stereocenters. The third kappa shape index (κ3) is 3.45. The Balaban J connectivity index is 1.89. The highest BCUT2D eigenvalue weighted by Crippen LogP contribution is 2.34. The number of nitrogens with two attached hydrogens (primary N) is 1. The van der Waals surface area contributed by atoms with Crippen LogP contribution in [0.2, 0.25) is 0 Å². The van der Waals surface area contributed by atoms with Gasteiger partial charge in [-0.05, 0) is 37.9 Å². The molecule has 1 aliphatic rings. The minimum Gasteiger partial charge on any atom is -0.369 e. The number of aromatic nitrogens is 3. The summed E-state index contributed by atoms with van der Waals surface area (Å²) in [4.78, 5) is 26.6. The lowest BCUT2D eigenvalue weighted by Crippen LogP contribution is -2.34. The molecule has 1 saturated heterocycles. The van der Waals surface area contributed by atoms with Crippen molar-refractivity contribution >= 4 is 17.5 Å². The van der Waals surface area contributed by atoms with Gasteiger partial charge in [-0.15, -0.1) is 0 Å². The molecule has 3 N–H and O–H groups in total. The van der Waals surface area contributed by atoms with Crippen molar-refractivity contribution in [3.8, 4) is 0 Å². The van der Waals surface area contributed by atoms with Gasteiger partial charge in [0.05, 0.1) is 12.6 Å². The Hall–Kier alpha value is -2.54. The van der Waals surface area contributed by atoms with E-state index in [-0.39, 0.29) is 18.5 Å². The van der Waals surface area contributed by atoms with Crippen LogP contribution in [0.25, 0.3) is 0 Å². The fourth-order valence-corrected chi connectivity index (χ4v) is 2.94. The Morgan fingerprint density at radius 1 is 1.30 bits per heavy atom. The largest absolute Gasteiger partial charge is 0.369 e. The highest BCUT2D eigenvalue weighted by Gasteiger charge is 2.30. The molecule has 2 aromatic rings. The number of nitrogens with one attached hydrogen (secondary N) is 1. The van der Waals surface area contributed by atoms with Crippen LogP contribution in [-0.4, -0.2) is 38.8 Å². The van der Waals surface area contributed by atoms with Crippen molar-refractivity contribution in [1.82, 2.24) is 19.9 Å². The third-order valence-corrected chi connectivity index (χ3v) is 4.01. The molecule has 120 valence electrons. The molecule has 3 rings (SSSR count). The Morgan fingerprint density at radius 3 is 2.87 bits per heavy atom. The van der Waals surface area contributed by atoms with E-state index in [9.17, 15) is 4.79 Å². The first-order valence-electron chi connectivity index (χ1n) is 7.67. The van der Waals surface area contributed by atoms with Gasteiger partial charge in [-0.1, -0.05) is 6.07 Å². The first-order valence-corrected chi connectivity index (χ1v) is 7.67. The smallest absolute Gasteiger partial charge is 0.231 e. The van der Waals surface area contributed by atoms with Crippen LogP contribution in [0.5, 0.6) is 0 Å². The van der Waals surface area contributed by atoms with Gasteiger partial charge in [-0.3, -0.25) is 14.7 Å². The minimum absolute atomic E-state index is 0.0442. The zero-order valence-electron chi connectivity index (χ0n) is 13.1. The van der Waals surface area contributed by atoms with Crippen LogP contribution in [0.1, 0.15) is 30.1 Å². The first kappa shape index (κ1) is 15.4. The predicted molar refractivity (Wildman–Crippen MR) is 87.0 cm³/mol. The zero-order valence-corrected chi connectivity index (χ0v) is 13.1. The molecule has 1 amide bonds. The normalized spacial score (nSPS) is 18.0. The number of anilines is 2. The summed E-state index contributed by atoms with van der Waals surface area (Å²) >= 11 is 0. The van der Waals surface area contributed by atoms with Crippen LogP contribution < -0.4 is 11.1 Å². The summed E-state index contributed by atoms with van der Waals surface area (Å²) < 4.78 is 0. The number of pyridine rings is 1. The monoisotopic (exact) mass is 312 g/mol. The highest BCUT2D eigenvalue weighted by atomic mass is 16.1. The number of aryl methyl sites for hydroxylation is 1. The molecule has 0 radical (unpaired) electrons. The number of carbonyl (C=O) groups excluding carboxylic acids is 1. The lowest BCUT2D eigenvalue weighted by molar-refractivity contribution is -0.119. The Labute approximate surface area is 135 Å². The molecule has 0 aromatic carbocycles. The fourth-order valence-electron chi connectivity index (χ4n) is 2.94. The number of likely N-dealkylation sites (tertiary alicyclic amines) is 1. The summed E-state index contributed by atoms with van der Waals surface area (Å²) in [6.45, 7) is 3.07. The Bertz CT molecular complexity index is 704. The molecular formula is C16H20N6O. The summed E-state index contributed by atoms with van der Waals surface area (Å²) in [5, 5.41) is 3.26. The maximum atomic E-state index is 11.3. The lowest BCUT2D eigenvalue weighted by Gasteiger charge is -2.24. The van der Waals surface area contributed by atoms with E-state index in [4.69, 9.17) is 5.73 Å². The maximum Gasteiger partial charge on any atom is 0.231 e. The number of hydrogen-bond acceptors (Lipinski definition) is 6. The number of hydrogen-bond donors (Lipinski definition) is 2. The molecule has 7 nitrogen and oxygen atoms in total. The van der Waals surface area contributed by atoms with Crippen molar-refractivity contribution in [2.75, 3.05) is 18.4 Å². The van der Waals surface area contributed by atoms with Crippen LogP contribution in [0, 0.1) is 6.92 Å². The van der Waals surface area contributed by atoms with Gasteiger partial charge in [0, 0.05) is 18.6 Å². The highest BCUT2D eigenvalue weighted by molar-refractivity contribution is 5.76. The summed E-state index contributed by atoms with van der Waals surface area (Å²) in [6.07, 6.45) is 7.00. The zero-order chi connectivity index (χ0) is 16.2. The van der Waals surface area contributed by atoms with Crippen molar-refractivity contribution in [3.63, 3.8) is 0 Å². The van der Waals surface area contributed by atoms with Gasteiger partial charge in [0.25, 0.3) is 0 Å². The van der Waals surface area contributed by atoms with Crippen LogP contribution in [0.4, 0.5) is 11.6 Å². The van der Waals surface area contributed by atoms with E-state index in [1.54, 1.807) is 18.6 Å². The lowest BCUT2D eigenvalue weighted by atomic mass is 10.1. The van der Waals surface area contributed by atoms with E-state index in [0.717, 1.165) is 36.5 Å². The topological polar surface area (TPSA) is 97.0 Å². The third-order valence-electron chi connectivity index (χ3n) is 4.01. The predicted octanol–water partition coefficient (Wildman–Crippen LogP) is 1.55. The molecular weight excluding hydrogens is 292 g/mol. The second kappa shape index (κ2) is 6.70. The van der Waals surface area contributed by atoms with Crippen molar-refractivity contribution in [2.45, 2.75) is 25.8 Å². The van der Waals surface area contributed by atoms with Crippen LogP contribution >= 0.6 is 0 Å². The van der Waals surface area contributed by atoms with Crippen molar-refractivity contribution in [1.29, 1.82) is 0 Å². The summed E-state index contributed by atoms with van der Waals surface area (Å²) in [6, 6.07) is 3.92. The second-order valence-corrected chi connectivity index (χ2v) is 5.68. The van der Waals surface area contributed by atoms with Crippen molar-refractivity contribution in [2.24, 2.45) is 5.73 Å². The number of primary amides is 1. The van der Waals surface area contributed by atoms with Crippen LogP contribution in [-0.2, 0) is 4.79 Å². The summed E-state index contributed by atoms with van der Waals surface area (Å²) in [5.41, 5.74) is 7.21. The Morgan fingerprint density at radius 2 is 2.09 bits per heavy atom. The van der Waals surface area contributed by atoms with E-state index in [1.807, 2.05) is 19.1 Å². The maximum absolute atomic E-state index is 11.3. The van der Waals surface area contributed by atoms with Crippen LogP contribution in [0.15, 0.2) is 30.7 Å². The standard InChI is InChI=1S/C16H20N6O/c1-11-4-2-6-19-15(11)21-16-14(18-7-8-20-16)12-5-3-9-22(12)10-13(17)23/h2,4,6-8,12H,3,5,9-10H2,1H3,(H2,17,23)(H,19,20,21). The van der Waals surface area contributed by atoms with E-state index in [2.05, 4.69) is 25.2 Å². The van der Waals surface area contributed by atoms with E-state index < -0.39 is 0 Å². The summed E-state index contributed by atoms with van der Waals surface area (Å²) in [5.74, 6) is 1.11. The van der Waals surface area contributed by atoms with Gasteiger partial charge in [0.1, 0.15) is 11.5 Å². The molecule has 2 aromatic heterocycles. The fraction of sp³-hybridized carbons (Fsp3) is 0.375. The molecule has 0 aliphatic carbocycles. The molecule has 1 aliphatic heterocycles. The molecule has 7 heteroatoms. The van der Waals surface area contributed by atoms with Crippen molar-refractivity contribution < 1.29 is 4.79 Å². The SMILES string of the molecule is Cc1cccnc1Nc1nccnc1C1CCCN1CC(N)=O. The van der Waals surface area contributed by atoms with E-state index in [0.29, 0.717) is 5.82 Å². The molecule has 0 spiro atoms. The Kier molecular flexibility index (Phi) is 4.47. The van der Waals surface area contributed by atoms with Gasteiger partial charge in [0.2, 0.25) is 5.91 Å². The number of amides is 1. The molecule has 0 bridgehead atoms. The number of nitrogens with zero attached hydrogens (tertiary/aromatic N) is 4. The summed E-state index contributed by atoms with van der Waals surface area (Å²) in [7, 11) is 0. The van der Waals surface area contributed by atoms with Gasteiger partial charge in [-0.2, -0.15) is 0 Å². The van der Waals surface area contributed by atoms with Gasteiger partial charge in [0.15, 0.2) is 5.82 Å². The van der Waals surface area contributed by atoms with E-state index >= 15 is 0 Å². The first-order chi connectivity index (χ1) is 11.1.